The van der Waals surface area contributed by atoms with Gasteiger partial charge in [0, 0.05) is 45.5 Å². The Morgan fingerprint density at radius 2 is 1.86 bits per heavy atom. The molecule has 7 heteroatoms. The van der Waals surface area contributed by atoms with E-state index in [2.05, 4.69) is 14.8 Å². The number of amides is 1. The van der Waals surface area contributed by atoms with E-state index in [1.54, 1.807) is 4.90 Å². The van der Waals surface area contributed by atoms with Gasteiger partial charge in [-0.25, -0.2) is 9.78 Å². The van der Waals surface area contributed by atoms with Crippen LogP contribution in [0.5, 0.6) is 0 Å². The van der Waals surface area contributed by atoms with Gasteiger partial charge in [-0.3, -0.25) is 0 Å². The number of hydrogen-bond acceptors (Lipinski definition) is 6. The van der Waals surface area contributed by atoms with Gasteiger partial charge in [0.1, 0.15) is 5.82 Å². The van der Waals surface area contributed by atoms with Crippen molar-refractivity contribution in [1.29, 1.82) is 0 Å². The summed E-state index contributed by atoms with van der Waals surface area (Å²) in [5, 5.41) is 0. The SMILES string of the molecule is CCOC(=O)N1CCN(c2ccnc(N3CCCC3)n2)CC1. The van der Waals surface area contributed by atoms with Crippen molar-refractivity contribution in [2.24, 2.45) is 0 Å². The smallest absolute Gasteiger partial charge is 0.409 e. The molecule has 3 heterocycles. The van der Waals surface area contributed by atoms with Crippen molar-refractivity contribution >= 4 is 17.9 Å². The molecule has 2 aliphatic rings. The van der Waals surface area contributed by atoms with Gasteiger partial charge in [0.15, 0.2) is 0 Å². The molecule has 0 unspecified atom stereocenters. The molecule has 0 radical (unpaired) electrons. The van der Waals surface area contributed by atoms with Gasteiger partial charge in [-0.1, -0.05) is 0 Å². The Morgan fingerprint density at radius 3 is 2.55 bits per heavy atom. The molecule has 120 valence electrons. The third-order valence-corrected chi connectivity index (χ3v) is 4.15. The van der Waals surface area contributed by atoms with E-state index in [4.69, 9.17) is 9.72 Å². The first kappa shape index (κ1) is 14.9. The van der Waals surface area contributed by atoms with Crippen LogP contribution in [0.1, 0.15) is 19.8 Å². The monoisotopic (exact) mass is 305 g/mol. The predicted octanol–water partition coefficient (Wildman–Crippen LogP) is 1.36. The first-order valence-electron chi connectivity index (χ1n) is 8.02. The van der Waals surface area contributed by atoms with Crippen molar-refractivity contribution in [3.8, 4) is 0 Å². The number of aromatic nitrogens is 2. The fourth-order valence-corrected chi connectivity index (χ4v) is 2.92. The first-order chi connectivity index (χ1) is 10.8. The van der Waals surface area contributed by atoms with Crippen LogP contribution in [0.25, 0.3) is 0 Å². The van der Waals surface area contributed by atoms with Crippen LogP contribution in [-0.2, 0) is 4.74 Å². The van der Waals surface area contributed by atoms with Crippen molar-refractivity contribution in [2.75, 3.05) is 55.7 Å². The van der Waals surface area contributed by atoms with Crippen molar-refractivity contribution in [1.82, 2.24) is 14.9 Å². The molecule has 7 nitrogen and oxygen atoms in total. The molecule has 1 aromatic rings. The van der Waals surface area contributed by atoms with E-state index in [-0.39, 0.29) is 6.09 Å². The fourth-order valence-electron chi connectivity index (χ4n) is 2.92. The van der Waals surface area contributed by atoms with Gasteiger partial charge in [0.2, 0.25) is 5.95 Å². The normalized spacial score (nSPS) is 18.7. The Morgan fingerprint density at radius 1 is 1.14 bits per heavy atom. The van der Waals surface area contributed by atoms with E-state index in [1.807, 2.05) is 19.2 Å². The molecule has 0 saturated carbocycles. The maximum Gasteiger partial charge on any atom is 0.409 e. The molecule has 0 N–H and O–H groups in total. The number of hydrogen-bond donors (Lipinski definition) is 0. The molecule has 1 amide bonds. The molecule has 0 bridgehead atoms. The highest BCUT2D eigenvalue weighted by molar-refractivity contribution is 5.68. The molecule has 0 spiro atoms. The third-order valence-electron chi connectivity index (χ3n) is 4.15. The highest BCUT2D eigenvalue weighted by Crippen LogP contribution is 2.20. The zero-order valence-corrected chi connectivity index (χ0v) is 13.1. The summed E-state index contributed by atoms with van der Waals surface area (Å²) in [6.07, 6.45) is 4.04. The molecule has 0 aromatic carbocycles. The number of piperazine rings is 1. The van der Waals surface area contributed by atoms with Crippen LogP contribution in [0.3, 0.4) is 0 Å². The fraction of sp³-hybridized carbons (Fsp3) is 0.667. The maximum absolute atomic E-state index is 11.7. The van der Waals surface area contributed by atoms with E-state index in [9.17, 15) is 4.79 Å². The zero-order chi connectivity index (χ0) is 15.4. The Labute approximate surface area is 130 Å². The summed E-state index contributed by atoms with van der Waals surface area (Å²) in [4.78, 5) is 27.0. The summed E-state index contributed by atoms with van der Waals surface area (Å²) in [5.41, 5.74) is 0. The van der Waals surface area contributed by atoms with E-state index in [0.717, 1.165) is 37.9 Å². The second-order valence-corrected chi connectivity index (χ2v) is 5.58. The van der Waals surface area contributed by atoms with Gasteiger partial charge in [-0.05, 0) is 25.8 Å². The van der Waals surface area contributed by atoms with Crippen LogP contribution < -0.4 is 9.80 Å². The molecule has 2 fully saturated rings. The summed E-state index contributed by atoms with van der Waals surface area (Å²) < 4.78 is 5.05. The number of carbonyl (C=O) groups excluding carboxylic acids is 1. The topological polar surface area (TPSA) is 61.8 Å². The number of rotatable bonds is 3. The average Bonchev–Trinajstić information content (AvgIpc) is 3.10. The molecular weight excluding hydrogens is 282 g/mol. The van der Waals surface area contributed by atoms with Crippen molar-refractivity contribution in [3.05, 3.63) is 12.3 Å². The van der Waals surface area contributed by atoms with E-state index in [1.165, 1.54) is 12.8 Å². The Balaban J connectivity index is 1.61. The highest BCUT2D eigenvalue weighted by Gasteiger charge is 2.23. The summed E-state index contributed by atoms with van der Waals surface area (Å²) in [7, 11) is 0. The Bertz CT molecular complexity index is 510. The Kier molecular flexibility index (Phi) is 4.60. The molecule has 0 aliphatic carbocycles. The lowest BCUT2D eigenvalue weighted by atomic mass is 10.3. The minimum absolute atomic E-state index is 0.220. The number of carbonyl (C=O) groups is 1. The molecule has 0 atom stereocenters. The van der Waals surface area contributed by atoms with Gasteiger partial charge < -0.3 is 19.4 Å². The summed E-state index contributed by atoms with van der Waals surface area (Å²) in [6.45, 7) is 7.22. The third kappa shape index (κ3) is 3.23. The van der Waals surface area contributed by atoms with Crippen LogP contribution in [0.4, 0.5) is 16.6 Å². The molecular formula is C15H23N5O2. The van der Waals surface area contributed by atoms with E-state index < -0.39 is 0 Å². The highest BCUT2D eigenvalue weighted by atomic mass is 16.6. The number of ether oxygens (including phenoxy) is 1. The summed E-state index contributed by atoms with van der Waals surface area (Å²) >= 11 is 0. The van der Waals surface area contributed by atoms with Crippen LogP contribution >= 0.6 is 0 Å². The zero-order valence-electron chi connectivity index (χ0n) is 13.1. The van der Waals surface area contributed by atoms with Crippen molar-refractivity contribution in [2.45, 2.75) is 19.8 Å². The lowest BCUT2D eigenvalue weighted by Gasteiger charge is -2.34. The van der Waals surface area contributed by atoms with Crippen molar-refractivity contribution < 1.29 is 9.53 Å². The standard InChI is InChI=1S/C15H23N5O2/c1-2-22-15(21)20-11-9-18(10-12-20)13-5-6-16-14(17-13)19-7-3-4-8-19/h5-6H,2-4,7-12H2,1H3. The van der Waals surface area contributed by atoms with E-state index in [0.29, 0.717) is 19.7 Å². The van der Waals surface area contributed by atoms with Gasteiger partial charge >= 0.3 is 6.09 Å². The molecule has 2 saturated heterocycles. The van der Waals surface area contributed by atoms with Crippen LogP contribution in [-0.4, -0.2) is 66.8 Å². The summed E-state index contributed by atoms with van der Waals surface area (Å²) in [6, 6.07) is 1.94. The summed E-state index contributed by atoms with van der Waals surface area (Å²) in [5.74, 6) is 1.77. The predicted molar refractivity (Wildman–Crippen MR) is 84.3 cm³/mol. The first-order valence-corrected chi connectivity index (χ1v) is 8.02. The lowest BCUT2D eigenvalue weighted by molar-refractivity contribution is 0.105. The quantitative estimate of drug-likeness (QED) is 0.840. The van der Waals surface area contributed by atoms with Crippen molar-refractivity contribution in [3.63, 3.8) is 0 Å². The minimum Gasteiger partial charge on any atom is -0.450 e. The van der Waals surface area contributed by atoms with Crippen LogP contribution in [0.15, 0.2) is 12.3 Å². The molecule has 2 aliphatic heterocycles. The lowest BCUT2D eigenvalue weighted by Crippen LogP contribution is -2.49. The second-order valence-electron chi connectivity index (χ2n) is 5.58. The second kappa shape index (κ2) is 6.81. The largest absolute Gasteiger partial charge is 0.450 e. The van der Waals surface area contributed by atoms with Crippen LogP contribution in [0.2, 0.25) is 0 Å². The number of anilines is 2. The Hall–Kier alpha value is -2.05. The maximum atomic E-state index is 11.7. The molecule has 1 aromatic heterocycles. The number of nitrogens with zero attached hydrogens (tertiary/aromatic N) is 5. The van der Waals surface area contributed by atoms with E-state index >= 15 is 0 Å². The minimum atomic E-state index is -0.220. The average molecular weight is 305 g/mol. The van der Waals surface area contributed by atoms with Gasteiger partial charge in [0.05, 0.1) is 6.61 Å². The van der Waals surface area contributed by atoms with Crippen LogP contribution in [0, 0.1) is 0 Å². The van der Waals surface area contributed by atoms with Gasteiger partial charge in [-0.2, -0.15) is 4.98 Å². The molecule has 3 rings (SSSR count). The van der Waals surface area contributed by atoms with Gasteiger partial charge in [-0.15, -0.1) is 0 Å². The molecule has 22 heavy (non-hydrogen) atoms. The van der Waals surface area contributed by atoms with Gasteiger partial charge in [0.25, 0.3) is 0 Å².